The summed E-state index contributed by atoms with van der Waals surface area (Å²) in [6.45, 7) is 3.57. The molecule has 3 aromatic rings. The second-order valence-electron chi connectivity index (χ2n) is 6.82. The number of carbonyl (C=O) groups is 1. The first-order valence-electron chi connectivity index (χ1n) is 9.31. The van der Waals surface area contributed by atoms with Gasteiger partial charge in [0.15, 0.2) is 5.69 Å². The van der Waals surface area contributed by atoms with Crippen LogP contribution in [0.5, 0.6) is 5.75 Å². The minimum Gasteiger partial charge on any atom is -0.494 e. The van der Waals surface area contributed by atoms with Crippen LogP contribution in [0.1, 0.15) is 27.7 Å². The van der Waals surface area contributed by atoms with Crippen LogP contribution in [-0.2, 0) is 4.74 Å². The lowest BCUT2D eigenvalue weighted by atomic mass is 10.0. The van der Waals surface area contributed by atoms with E-state index >= 15 is 0 Å². The van der Waals surface area contributed by atoms with E-state index in [-0.39, 0.29) is 11.9 Å². The van der Waals surface area contributed by atoms with Gasteiger partial charge >= 0.3 is 0 Å². The van der Waals surface area contributed by atoms with Gasteiger partial charge in [-0.15, -0.1) is 0 Å². The Kier molecular flexibility index (Phi) is 5.12. The quantitative estimate of drug-likeness (QED) is 0.699. The van der Waals surface area contributed by atoms with E-state index in [4.69, 9.17) is 9.47 Å². The van der Waals surface area contributed by atoms with Crippen LogP contribution in [0.15, 0.2) is 60.8 Å². The van der Waals surface area contributed by atoms with Crippen LogP contribution in [0.25, 0.3) is 5.69 Å². The first-order chi connectivity index (χ1) is 13.7. The number of carbonyl (C=O) groups excluding carboxylic acids is 1. The highest BCUT2D eigenvalue weighted by atomic mass is 16.5. The Morgan fingerprint density at radius 2 is 2.00 bits per heavy atom. The third kappa shape index (κ3) is 3.51. The standard InChI is InChI=1S/C22H23N3O3/c1-16-8-9-21(27-2)19(14-16)25-11-10-18(23-25)22(26)24-12-13-28-15-20(24)17-6-4-3-5-7-17/h3-11,14,20H,12-13,15H2,1-2H3/t20-/m0/s1. The van der Waals surface area contributed by atoms with Crippen molar-refractivity contribution in [1.29, 1.82) is 0 Å². The summed E-state index contributed by atoms with van der Waals surface area (Å²) in [6, 6.07) is 17.5. The summed E-state index contributed by atoms with van der Waals surface area (Å²) in [5.41, 5.74) is 3.38. The predicted molar refractivity (Wildman–Crippen MR) is 106 cm³/mol. The minimum absolute atomic E-state index is 0.0949. The van der Waals surface area contributed by atoms with Gasteiger partial charge in [-0.1, -0.05) is 36.4 Å². The van der Waals surface area contributed by atoms with Crippen molar-refractivity contribution in [2.45, 2.75) is 13.0 Å². The summed E-state index contributed by atoms with van der Waals surface area (Å²) in [6.07, 6.45) is 1.79. The number of ether oxygens (including phenoxy) is 2. The number of nitrogens with zero attached hydrogens (tertiary/aromatic N) is 3. The van der Waals surface area contributed by atoms with Crippen molar-refractivity contribution >= 4 is 5.91 Å². The number of methoxy groups -OCH3 is 1. The second-order valence-corrected chi connectivity index (χ2v) is 6.82. The molecule has 1 aliphatic rings. The van der Waals surface area contributed by atoms with Crippen molar-refractivity contribution in [3.8, 4) is 11.4 Å². The Bertz CT molecular complexity index is 968. The molecule has 28 heavy (non-hydrogen) atoms. The Morgan fingerprint density at radius 3 is 2.79 bits per heavy atom. The molecule has 0 unspecified atom stereocenters. The zero-order valence-corrected chi connectivity index (χ0v) is 16.0. The molecule has 0 saturated carbocycles. The number of morpholine rings is 1. The van der Waals surface area contributed by atoms with Gasteiger partial charge in [-0.05, 0) is 36.2 Å². The van der Waals surface area contributed by atoms with Crippen molar-refractivity contribution < 1.29 is 14.3 Å². The average Bonchev–Trinajstić information content (AvgIpc) is 3.24. The number of rotatable bonds is 4. The lowest BCUT2D eigenvalue weighted by Crippen LogP contribution is -2.43. The maximum Gasteiger partial charge on any atom is 0.275 e. The van der Waals surface area contributed by atoms with E-state index in [1.54, 1.807) is 24.1 Å². The highest BCUT2D eigenvalue weighted by Gasteiger charge is 2.30. The number of hydrogen-bond donors (Lipinski definition) is 0. The van der Waals surface area contributed by atoms with Gasteiger partial charge in [-0.25, -0.2) is 4.68 Å². The van der Waals surface area contributed by atoms with Crippen LogP contribution in [0, 0.1) is 6.92 Å². The largest absolute Gasteiger partial charge is 0.494 e. The van der Waals surface area contributed by atoms with Crippen molar-refractivity contribution in [1.82, 2.24) is 14.7 Å². The molecular formula is C22H23N3O3. The molecule has 0 N–H and O–H groups in total. The van der Waals surface area contributed by atoms with Crippen molar-refractivity contribution in [3.05, 3.63) is 77.6 Å². The summed E-state index contributed by atoms with van der Waals surface area (Å²) in [4.78, 5) is 15.1. The molecule has 1 fully saturated rings. The molecule has 2 heterocycles. The molecule has 0 spiro atoms. The molecule has 1 saturated heterocycles. The fourth-order valence-electron chi connectivity index (χ4n) is 3.50. The minimum atomic E-state index is -0.110. The molecule has 1 amide bonds. The van der Waals surface area contributed by atoms with Crippen LogP contribution >= 0.6 is 0 Å². The maximum atomic E-state index is 13.2. The van der Waals surface area contributed by atoms with Crippen molar-refractivity contribution in [2.24, 2.45) is 0 Å². The van der Waals surface area contributed by atoms with Crippen LogP contribution in [-0.4, -0.2) is 47.5 Å². The van der Waals surface area contributed by atoms with Gasteiger partial charge in [0.25, 0.3) is 5.91 Å². The number of benzene rings is 2. The van der Waals surface area contributed by atoms with E-state index in [0.29, 0.717) is 31.2 Å². The van der Waals surface area contributed by atoms with Gasteiger partial charge in [-0.3, -0.25) is 4.79 Å². The van der Waals surface area contributed by atoms with Gasteiger partial charge < -0.3 is 14.4 Å². The zero-order chi connectivity index (χ0) is 19.5. The van der Waals surface area contributed by atoms with Crippen LogP contribution in [0.3, 0.4) is 0 Å². The molecule has 6 nitrogen and oxygen atoms in total. The summed E-state index contributed by atoms with van der Waals surface area (Å²) in [5.74, 6) is 0.615. The van der Waals surface area contributed by atoms with E-state index < -0.39 is 0 Å². The predicted octanol–water partition coefficient (Wildman–Crippen LogP) is 3.40. The van der Waals surface area contributed by atoms with E-state index in [9.17, 15) is 4.79 Å². The number of aromatic nitrogens is 2. The summed E-state index contributed by atoms with van der Waals surface area (Å²) in [5, 5.41) is 4.54. The lowest BCUT2D eigenvalue weighted by molar-refractivity contribution is -0.00303. The average molecular weight is 377 g/mol. The summed E-state index contributed by atoms with van der Waals surface area (Å²) in [7, 11) is 1.63. The van der Waals surface area contributed by atoms with Crippen LogP contribution < -0.4 is 4.74 Å². The molecule has 1 atom stereocenters. The summed E-state index contributed by atoms with van der Waals surface area (Å²) < 4.78 is 12.8. The summed E-state index contributed by atoms with van der Waals surface area (Å²) >= 11 is 0. The Labute approximate surface area is 164 Å². The zero-order valence-electron chi connectivity index (χ0n) is 16.0. The monoisotopic (exact) mass is 377 g/mol. The molecule has 2 aromatic carbocycles. The Balaban J connectivity index is 1.63. The van der Waals surface area contributed by atoms with E-state index in [1.807, 2.05) is 60.4 Å². The van der Waals surface area contributed by atoms with Crippen LogP contribution in [0.4, 0.5) is 0 Å². The molecule has 0 bridgehead atoms. The third-order valence-corrected chi connectivity index (χ3v) is 4.96. The molecule has 1 aliphatic heterocycles. The highest BCUT2D eigenvalue weighted by Crippen LogP contribution is 2.27. The van der Waals surface area contributed by atoms with Crippen LogP contribution in [0.2, 0.25) is 0 Å². The number of amides is 1. The van der Waals surface area contributed by atoms with Gasteiger partial charge in [0.2, 0.25) is 0 Å². The van der Waals surface area contributed by atoms with E-state index in [0.717, 1.165) is 16.8 Å². The SMILES string of the molecule is COc1ccc(C)cc1-n1ccc(C(=O)N2CCOC[C@H]2c2ccccc2)n1. The van der Waals surface area contributed by atoms with Gasteiger partial charge in [0, 0.05) is 12.7 Å². The molecule has 144 valence electrons. The molecule has 0 radical (unpaired) electrons. The molecular weight excluding hydrogens is 354 g/mol. The molecule has 0 aliphatic carbocycles. The fourth-order valence-corrected chi connectivity index (χ4v) is 3.50. The number of hydrogen-bond acceptors (Lipinski definition) is 4. The third-order valence-electron chi connectivity index (χ3n) is 4.96. The molecule has 4 rings (SSSR count). The van der Waals surface area contributed by atoms with Gasteiger partial charge in [0.1, 0.15) is 11.4 Å². The normalized spacial score (nSPS) is 16.8. The lowest BCUT2D eigenvalue weighted by Gasteiger charge is -2.35. The first kappa shape index (κ1) is 18.3. The number of aryl methyl sites for hydroxylation is 1. The highest BCUT2D eigenvalue weighted by molar-refractivity contribution is 5.92. The molecule has 6 heteroatoms. The Hall–Kier alpha value is -3.12. The van der Waals surface area contributed by atoms with Gasteiger partial charge in [-0.2, -0.15) is 5.10 Å². The van der Waals surface area contributed by atoms with Crippen molar-refractivity contribution in [3.63, 3.8) is 0 Å². The van der Waals surface area contributed by atoms with E-state index in [1.165, 1.54) is 0 Å². The fraction of sp³-hybridized carbons (Fsp3) is 0.273. The molecule has 1 aromatic heterocycles. The topological polar surface area (TPSA) is 56.6 Å². The van der Waals surface area contributed by atoms with Crippen molar-refractivity contribution in [2.75, 3.05) is 26.9 Å². The van der Waals surface area contributed by atoms with Gasteiger partial charge in [0.05, 0.1) is 26.4 Å². The maximum absolute atomic E-state index is 13.2. The smallest absolute Gasteiger partial charge is 0.275 e. The van der Waals surface area contributed by atoms with E-state index in [2.05, 4.69) is 5.10 Å². The first-order valence-corrected chi connectivity index (χ1v) is 9.31. The Morgan fingerprint density at radius 1 is 1.18 bits per heavy atom. The second kappa shape index (κ2) is 7.86.